The maximum absolute atomic E-state index is 16.3. The minimum absolute atomic E-state index is 0.113. The van der Waals surface area contributed by atoms with Gasteiger partial charge in [-0.3, -0.25) is 19.4 Å². The molecule has 2 saturated carbocycles. The fraction of sp³-hybridized carbons (Fsp3) is 0.500. The maximum atomic E-state index is 16.3. The van der Waals surface area contributed by atoms with Gasteiger partial charge in [-0.1, -0.05) is 113 Å². The van der Waals surface area contributed by atoms with E-state index < -0.39 is 57.0 Å². The van der Waals surface area contributed by atoms with Gasteiger partial charge in [0.05, 0.1) is 14.2 Å². The Balaban J connectivity index is 1.41. The monoisotopic (exact) mass is 928 g/mol. The number of nitrogens with zero attached hydrogens (tertiary/aromatic N) is 2. The van der Waals surface area contributed by atoms with Gasteiger partial charge in [0.2, 0.25) is 11.6 Å². The first kappa shape index (κ1) is 49.0. The Kier molecular flexibility index (Phi) is 13.3. The van der Waals surface area contributed by atoms with Crippen LogP contribution < -0.4 is 9.47 Å². The molecule has 12 heteroatoms. The van der Waals surface area contributed by atoms with Gasteiger partial charge in [0.15, 0.2) is 11.4 Å². The third-order valence-corrected chi connectivity index (χ3v) is 15.9. The number of carbonyl (C=O) groups is 4. The number of methoxy groups -OCH3 is 2. The molecule has 2 heterocycles. The van der Waals surface area contributed by atoms with E-state index in [0.717, 1.165) is 24.0 Å². The fourth-order valence-electron chi connectivity index (χ4n) is 12.6. The molecule has 2 N–H and O–H groups in total. The Labute approximate surface area is 400 Å². The fourth-order valence-corrected chi connectivity index (χ4v) is 12.6. The van der Waals surface area contributed by atoms with Crippen molar-refractivity contribution in [3.05, 3.63) is 130 Å². The molecule has 362 valence electrons. The molecule has 0 amide bonds. The van der Waals surface area contributed by atoms with Gasteiger partial charge in [0.1, 0.15) is 11.5 Å². The second-order valence-electron chi connectivity index (χ2n) is 20.7. The molecule has 0 saturated heterocycles. The van der Waals surface area contributed by atoms with Crippen LogP contribution in [0.4, 0.5) is 0 Å². The maximum Gasteiger partial charge on any atom is 0.352 e. The van der Waals surface area contributed by atoms with Crippen molar-refractivity contribution in [2.45, 2.75) is 115 Å². The highest BCUT2D eigenvalue weighted by atomic mass is 16.6. The van der Waals surface area contributed by atoms with Crippen LogP contribution in [0.5, 0.6) is 11.5 Å². The molecular formula is C56H68N2O10. The first-order valence-electron chi connectivity index (χ1n) is 24.3. The average molecular weight is 929 g/mol. The van der Waals surface area contributed by atoms with Crippen LogP contribution >= 0.6 is 0 Å². The zero-order chi connectivity index (χ0) is 48.9. The van der Waals surface area contributed by atoms with Crippen LogP contribution in [0.15, 0.2) is 97.1 Å². The predicted octanol–water partition coefficient (Wildman–Crippen LogP) is 8.43. The smallest absolute Gasteiger partial charge is 0.352 e. The molecule has 2 aliphatic heterocycles. The van der Waals surface area contributed by atoms with Crippen LogP contribution in [0.1, 0.15) is 122 Å². The van der Waals surface area contributed by atoms with E-state index in [0.29, 0.717) is 87.1 Å². The van der Waals surface area contributed by atoms with E-state index in [9.17, 15) is 10.2 Å². The van der Waals surface area contributed by atoms with Crippen molar-refractivity contribution in [1.29, 1.82) is 0 Å². The van der Waals surface area contributed by atoms with E-state index in [2.05, 4.69) is 27.7 Å². The highest BCUT2D eigenvalue weighted by molar-refractivity contribution is 6.29. The van der Waals surface area contributed by atoms with Gasteiger partial charge in [-0.15, -0.1) is 0 Å². The Hall–Kier alpha value is -5.40. The number of carbonyl (C=O) groups excluding carboxylic acids is 4. The number of Topliss-reactive ketones (excluding diaryl/α,β-unsaturated/α-hetero) is 2. The molecule has 12 nitrogen and oxygen atoms in total. The van der Waals surface area contributed by atoms with E-state index in [4.69, 9.17) is 18.9 Å². The number of rotatable bonds is 17. The summed E-state index contributed by atoms with van der Waals surface area (Å²) in [6, 6.07) is 26.1. The molecule has 4 atom stereocenters. The third kappa shape index (κ3) is 7.48. The summed E-state index contributed by atoms with van der Waals surface area (Å²) in [5.74, 6) is -4.93. The van der Waals surface area contributed by atoms with Crippen molar-refractivity contribution in [2.24, 2.45) is 22.7 Å². The summed E-state index contributed by atoms with van der Waals surface area (Å²) in [5, 5.41) is 27.7. The number of fused-ring (bicyclic) bond motifs is 2. The van der Waals surface area contributed by atoms with Gasteiger partial charge in [-0.05, 0) is 113 Å². The molecule has 68 heavy (non-hydrogen) atoms. The van der Waals surface area contributed by atoms with E-state index in [1.54, 1.807) is 26.4 Å². The Morgan fingerprint density at radius 3 is 1.22 bits per heavy atom. The summed E-state index contributed by atoms with van der Waals surface area (Å²) in [4.78, 5) is 67.7. The second kappa shape index (κ2) is 18.5. The summed E-state index contributed by atoms with van der Waals surface area (Å²) in [7, 11) is 6.77. The highest BCUT2D eigenvalue weighted by Crippen LogP contribution is 2.64. The largest absolute Gasteiger partial charge is 0.497 e. The van der Waals surface area contributed by atoms with E-state index in [1.807, 2.05) is 60.3 Å². The summed E-state index contributed by atoms with van der Waals surface area (Å²) < 4.78 is 25.5. The minimum atomic E-state index is -3.94. The van der Waals surface area contributed by atoms with Crippen molar-refractivity contribution in [3.8, 4) is 11.5 Å². The van der Waals surface area contributed by atoms with Gasteiger partial charge < -0.3 is 29.2 Å². The summed E-state index contributed by atoms with van der Waals surface area (Å²) in [5.41, 5.74) is -10.3. The lowest BCUT2D eigenvalue weighted by Crippen LogP contribution is -2.75. The average Bonchev–Trinajstić information content (AvgIpc) is 3.32. The second-order valence-corrected chi connectivity index (χ2v) is 20.7. The van der Waals surface area contributed by atoms with E-state index in [1.165, 1.54) is 48.5 Å². The number of ether oxygens (including phenoxy) is 4. The standard InChI is InChI=1S/C56H68N2O10/c1-37(2)35-51(27-15-28-51)55(45-33-43(65-7)23-21-39(45)25-31-57(55)5)67-49(61)53(63,47(59)41-17-11-9-12-18-41)54(64,48(60)42-19-13-10-14-20-42)50(62)68-56(52(29-16-30-52)36-38(3)4)46-34-44(66-8)24-22-40(46)26-32-58(56)6/h9-14,17-24,33-34,37-38,63-64H,15-16,25-32,35-36H2,1-8H3. The number of aliphatic hydroxyl groups is 2. The number of esters is 2. The quantitative estimate of drug-likeness (QED) is 0.0594. The molecule has 2 aliphatic carbocycles. The predicted molar refractivity (Wildman–Crippen MR) is 257 cm³/mol. The van der Waals surface area contributed by atoms with Gasteiger partial charge in [-0.2, -0.15) is 0 Å². The van der Waals surface area contributed by atoms with Crippen molar-refractivity contribution in [2.75, 3.05) is 41.4 Å². The minimum Gasteiger partial charge on any atom is -0.497 e. The SMILES string of the molecule is COc1ccc2c(c1)C(OC(=O)C(O)(C(=O)c1ccccc1)C(O)(C(=O)OC1(C3(CC(C)C)CCC3)c3cc(OC)ccc3CCN1C)C(=O)c1ccccc1)(C1(CC(C)C)CCC1)N(C)CC2. The highest BCUT2D eigenvalue weighted by Gasteiger charge is 2.75. The topological polar surface area (TPSA) is 152 Å². The molecule has 2 fully saturated rings. The molecule has 8 rings (SSSR count). The lowest BCUT2D eigenvalue weighted by molar-refractivity contribution is -0.279. The van der Waals surface area contributed by atoms with Gasteiger partial charge in [0.25, 0.3) is 11.2 Å². The third-order valence-electron chi connectivity index (χ3n) is 15.9. The molecule has 4 aromatic carbocycles. The molecular weight excluding hydrogens is 861 g/mol. The molecule has 4 aromatic rings. The van der Waals surface area contributed by atoms with Crippen molar-refractivity contribution in [3.63, 3.8) is 0 Å². The van der Waals surface area contributed by atoms with Crippen molar-refractivity contribution < 1.29 is 48.3 Å². The summed E-state index contributed by atoms with van der Waals surface area (Å²) in [6.45, 7) is 9.20. The van der Waals surface area contributed by atoms with Crippen LogP contribution in [-0.2, 0) is 43.4 Å². The van der Waals surface area contributed by atoms with Crippen LogP contribution in [0.2, 0.25) is 0 Å². The molecule has 0 aromatic heterocycles. The lowest BCUT2D eigenvalue weighted by Gasteiger charge is -2.62. The van der Waals surface area contributed by atoms with Crippen molar-refractivity contribution in [1.82, 2.24) is 9.80 Å². The van der Waals surface area contributed by atoms with Crippen LogP contribution in [-0.4, -0.2) is 96.1 Å². The van der Waals surface area contributed by atoms with Gasteiger partial charge >= 0.3 is 11.9 Å². The van der Waals surface area contributed by atoms with E-state index in [-0.39, 0.29) is 23.0 Å². The molecule has 4 unspecified atom stereocenters. The molecule has 4 aliphatic rings. The number of likely N-dealkylation sites (N-methyl/N-ethyl adjacent to an activating group) is 2. The van der Waals surface area contributed by atoms with Crippen LogP contribution in [0.3, 0.4) is 0 Å². The van der Waals surface area contributed by atoms with E-state index >= 15 is 19.2 Å². The van der Waals surface area contributed by atoms with Gasteiger partial charge in [-0.25, -0.2) is 9.59 Å². The van der Waals surface area contributed by atoms with Crippen molar-refractivity contribution >= 4 is 23.5 Å². The first-order valence-corrected chi connectivity index (χ1v) is 24.3. The molecule has 0 radical (unpaired) electrons. The van der Waals surface area contributed by atoms with Crippen LogP contribution in [0.25, 0.3) is 0 Å². The Morgan fingerprint density at radius 1 is 0.574 bits per heavy atom. The Morgan fingerprint density at radius 2 is 0.926 bits per heavy atom. The van der Waals surface area contributed by atoms with Gasteiger partial charge in [0, 0.05) is 46.2 Å². The molecule has 0 spiro atoms. The summed E-state index contributed by atoms with van der Waals surface area (Å²) in [6.07, 6.45) is 6.44. The number of benzene rings is 4. The number of hydrogen-bond donors (Lipinski definition) is 2. The number of ketones is 2. The lowest BCUT2D eigenvalue weighted by atomic mass is 9.55. The zero-order valence-corrected chi connectivity index (χ0v) is 40.9. The number of hydrogen-bond acceptors (Lipinski definition) is 12. The first-order chi connectivity index (χ1) is 32.4. The van der Waals surface area contributed by atoms with Crippen LogP contribution in [0, 0.1) is 22.7 Å². The molecule has 0 bridgehead atoms. The summed E-state index contributed by atoms with van der Waals surface area (Å²) >= 11 is 0. The normalized spacial score (nSPS) is 23.6. The zero-order valence-electron chi connectivity index (χ0n) is 40.9. The Bertz CT molecular complexity index is 2360.